The molecule has 188 valence electrons. The molecule has 0 aliphatic carbocycles. The third-order valence-electron chi connectivity index (χ3n) is 7.22. The van der Waals surface area contributed by atoms with Gasteiger partial charge in [-0.2, -0.15) is 0 Å². The van der Waals surface area contributed by atoms with Crippen LogP contribution in [0.1, 0.15) is 33.4 Å². The van der Waals surface area contributed by atoms with Gasteiger partial charge in [-0.15, -0.1) is 0 Å². The van der Waals surface area contributed by atoms with Gasteiger partial charge in [-0.25, -0.2) is 0 Å². The number of benzene rings is 5. The van der Waals surface area contributed by atoms with Crippen molar-refractivity contribution in [3.63, 3.8) is 0 Å². The minimum atomic E-state index is 0.882. The summed E-state index contributed by atoms with van der Waals surface area (Å²) in [6, 6.07) is 33.5. The Morgan fingerprint density at radius 2 is 0.789 bits per heavy atom. The Morgan fingerprint density at radius 3 is 1.21 bits per heavy atom. The minimum absolute atomic E-state index is 0.882. The highest BCUT2D eigenvalue weighted by Crippen LogP contribution is 2.51. The fraction of sp³-hybridized carbons (Fsp3) is 0.167. The summed E-state index contributed by atoms with van der Waals surface area (Å²) >= 11 is 0. The number of nitrogens with zero attached hydrogens (tertiary/aromatic N) is 1. The van der Waals surface area contributed by atoms with Crippen LogP contribution in [-0.4, -0.2) is 0 Å². The zero-order valence-corrected chi connectivity index (χ0v) is 23.0. The van der Waals surface area contributed by atoms with Crippen LogP contribution in [0, 0.1) is 41.5 Å². The largest absolute Gasteiger partial charge is 0.453 e. The molecule has 0 aromatic heterocycles. The van der Waals surface area contributed by atoms with E-state index in [1.807, 2.05) is 0 Å². The molecule has 0 amide bonds. The molecule has 0 bridgehead atoms. The maximum Gasteiger partial charge on any atom is 0.151 e. The minimum Gasteiger partial charge on any atom is -0.453 e. The van der Waals surface area contributed by atoms with Crippen LogP contribution in [-0.2, 0) is 0 Å². The van der Waals surface area contributed by atoms with Crippen LogP contribution in [0.5, 0.6) is 11.5 Å². The second-order valence-corrected chi connectivity index (χ2v) is 10.9. The molecule has 0 unspecified atom stereocenters. The van der Waals surface area contributed by atoms with E-state index in [4.69, 9.17) is 4.74 Å². The van der Waals surface area contributed by atoms with Crippen molar-refractivity contribution in [3.05, 3.63) is 124 Å². The van der Waals surface area contributed by atoms with Crippen LogP contribution in [0.4, 0.5) is 17.1 Å². The Labute approximate surface area is 226 Å². The molecule has 6 rings (SSSR count). The first-order chi connectivity index (χ1) is 18.2. The lowest BCUT2D eigenvalue weighted by Crippen LogP contribution is -2.16. The van der Waals surface area contributed by atoms with Crippen LogP contribution in [0.3, 0.4) is 0 Å². The van der Waals surface area contributed by atoms with Gasteiger partial charge >= 0.3 is 0 Å². The first-order valence-electron chi connectivity index (χ1n) is 13.3. The van der Waals surface area contributed by atoms with E-state index in [0.717, 1.165) is 28.6 Å². The number of fused-ring (bicyclic) bond motifs is 2. The summed E-state index contributed by atoms with van der Waals surface area (Å²) in [5, 5.41) is 0. The molecule has 5 aromatic carbocycles. The lowest BCUT2D eigenvalue weighted by molar-refractivity contribution is 0.476. The smallest absolute Gasteiger partial charge is 0.151 e. The molecule has 0 N–H and O–H groups in total. The molecular formula is C36H33NO. The van der Waals surface area contributed by atoms with Gasteiger partial charge in [0.15, 0.2) is 11.5 Å². The summed E-state index contributed by atoms with van der Waals surface area (Å²) < 4.78 is 6.44. The van der Waals surface area contributed by atoms with Gasteiger partial charge in [0.2, 0.25) is 0 Å². The van der Waals surface area contributed by atoms with Gasteiger partial charge < -0.3 is 9.64 Å². The Hall–Kier alpha value is -4.30. The Morgan fingerprint density at radius 1 is 0.395 bits per heavy atom. The number of hydrogen-bond donors (Lipinski definition) is 0. The van der Waals surface area contributed by atoms with Gasteiger partial charge in [-0.1, -0.05) is 70.8 Å². The van der Waals surface area contributed by atoms with Crippen LogP contribution in [0.15, 0.2) is 91.0 Å². The van der Waals surface area contributed by atoms with Crippen LogP contribution in [0.2, 0.25) is 0 Å². The van der Waals surface area contributed by atoms with Gasteiger partial charge in [-0.3, -0.25) is 0 Å². The first-order valence-corrected chi connectivity index (χ1v) is 13.3. The zero-order valence-electron chi connectivity index (χ0n) is 23.0. The molecule has 1 heterocycles. The van der Waals surface area contributed by atoms with Gasteiger partial charge in [0, 0.05) is 5.69 Å². The summed E-state index contributed by atoms with van der Waals surface area (Å²) in [4.78, 5) is 2.35. The highest BCUT2D eigenvalue weighted by Gasteiger charge is 2.27. The van der Waals surface area contributed by atoms with E-state index in [2.05, 4.69) is 137 Å². The number of rotatable bonds is 3. The van der Waals surface area contributed by atoms with Crippen molar-refractivity contribution in [1.29, 1.82) is 0 Å². The van der Waals surface area contributed by atoms with Crippen molar-refractivity contribution in [1.82, 2.24) is 0 Å². The molecule has 2 heteroatoms. The Kier molecular flexibility index (Phi) is 5.84. The third-order valence-corrected chi connectivity index (χ3v) is 7.22. The molecule has 1 aliphatic rings. The van der Waals surface area contributed by atoms with E-state index in [-0.39, 0.29) is 0 Å². The molecule has 1 aliphatic heterocycles. The van der Waals surface area contributed by atoms with Crippen molar-refractivity contribution in [3.8, 4) is 33.8 Å². The highest BCUT2D eigenvalue weighted by molar-refractivity contribution is 5.90. The topological polar surface area (TPSA) is 12.5 Å². The monoisotopic (exact) mass is 495 g/mol. The maximum atomic E-state index is 6.44. The van der Waals surface area contributed by atoms with Crippen molar-refractivity contribution < 1.29 is 4.74 Å². The molecule has 2 nitrogen and oxygen atoms in total. The van der Waals surface area contributed by atoms with E-state index in [1.54, 1.807) is 0 Å². The molecule has 0 spiro atoms. The molecular weight excluding hydrogens is 462 g/mol. The van der Waals surface area contributed by atoms with Crippen molar-refractivity contribution >= 4 is 17.1 Å². The average Bonchev–Trinajstić information content (AvgIpc) is 2.85. The predicted octanol–water partition coefficient (Wildman–Crippen LogP) is 10.4. The fourth-order valence-corrected chi connectivity index (χ4v) is 5.66. The van der Waals surface area contributed by atoms with Crippen molar-refractivity contribution in [2.24, 2.45) is 0 Å². The fourth-order valence-electron chi connectivity index (χ4n) is 5.66. The number of ether oxygens (including phenoxy) is 1. The molecule has 0 atom stereocenters. The van der Waals surface area contributed by atoms with E-state index >= 15 is 0 Å². The number of hydrogen-bond acceptors (Lipinski definition) is 2. The second-order valence-electron chi connectivity index (χ2n) is 10.9. The summed E-state index contributed by atoms with van der Waals surface area (Å²) in [6.07, 6.45) is 0. The average molecular weight is 496 g/mol. The molecule has 38 heavy (non-hydrogen) atoms. The lowest BCUT2D eigenvalue weighted by Gasteiger charge is -2.34. The van der Waals surface area contributed by atoms with E-state index in [9.17, 15) is 0 Å². The van der Waals surface area contributed by atoms with Crippen LogP contribution in [0.25, 0.3) is 22.3 Å². The number of anilines is 3. The predicted molar refractivity (Wildman–Crippen MR) is 160 cm³/mol. The summed E-state index contributed by atoms with van der Waals surface area (Å²) in [7, 11) is 0. The molecule has 0 saturated heterocycles. The quantitative estimate of drug-likeness (QED) is 0.242. The third kappa shape index (κ3) is 4.48. The molecule has 0 saturated carbocycles. The normalized spacial score (nSPS) is 12.1. The molecule has 0 radical (unpaired) electrons. The molecule has 5 aromatic rings. The Bertz CT molecular complexity index is 1550. The van der Waals surface area contributed by atoms with E-state index < -0.39 is 0 Å². The summed E-state index contributed by atoms with van der Waals surface area (Å²) in [6.45, 7) is 12.9. The SMILES string of the molecule is Cc1cc(C)cc(-c2cc(-c3cc(C)cc(C)c3)cc(N3c4ccc(C)cc4Oc4cc(C)ccc43)c2)c1. The van der Waals surface area contributed by atoms with Crippen LogP contribution >= 0.6 is 0 Å². The molecule has 0 fully saturated rings. The van der Waals surface area contributed by atoms with Gasteiger partial charge in [0.05, 0.1) is 11.4 Å². The summed E-state index contributed by atoms with van der Waals surface area (Å²) in [5.41, 5.74) is 15.5. The maximum absolute atomic E-state index is 6.44. The lowest BCUT2D eigenvalue weighted by atomic mass is 9.94. The Balaban J connectivity index is 1.64. The van der Waals surface area contributed by atoms with Crippen molar-refractivity contribution in [2.45, 2.75) is 41.5 Å². The highest BCUT2D eigenvalue weighted by atomic mass is 16.5. The first kappa shape index (κ1) is 24.1. The van der Waals surface area contributed by atoms with Crippen molar-refractivity contribution in [2.75, 3.05) is 4.90 Å². The van der Waals surface area contributed by atoms with Gasteiger partial charge in [0.1, 0.15) is 0 Å². The van der Waals surface area contributed by atoms with Crippen LogP contribution < -0.4 is 9.64 Å². The van der Waals surface area contributed by atoms with E-state index in [1.165, 1.54) is 55.6 Å². The zero-order chi connectivity index (χ0) is 26.6. The standard InChI is InChI=1S/C36H33NO/c1-22-7-9-33-35(17-22)38-36-18-23(2)8-10-34(36)37(33)32-20-30(28-13-24(3)11-25(4)14-28)19-31(21-32)29-15-26(5)12-27(6)16-29/h7-21H,1-6H3. The second kappa shape index (κ2) is 9.22. The van der Waals surface area contributed by atoms with Gasteiger partial charge in [-0.05, 0) is 117 Å². The number of aryl methyl sites for hydroxylation is 6. The summed E-state index contributed by atoms with van der Waals surface area (Å²) in [5.74, 6) is 1.76. The van der Waals surface area contributed by atoms with E-state index in [0.29, 0.717) is 0 Å². The van der Waals surface area contributed by atoms with Gasteiger partial charge in [0.25, 0.3) is 0 Å².